The highest BCUT2D eigenvalue weighted by Crippen LogP contribution is 2.24. The van der Waals surface area contributed by atoms with Crippen LogP contribution in [0.3, 0.4) is 0 Å². The summed E-state index contributed by atoms with van der Waals surface area (Å²) in [6, 6.07) is 21.1. The van der Waals surface area contributed by atoms with Crippen molar-refractivity contribution >= 4 is 25.0 Å². The second-order valence-electron chi connectivity index (χ2n) is 12.9. The van der Waals surface area contributed by atoms with Crippen LogP contribution in [-0.4, -0.2) is 93.2 Å². The number of aliphatic hydroxyl groups is 2. The normalized spacial score (nSPS) is 14.0. The lowest BCUT2D eigenvalue weighted by atomic mass is 10.3. The van der Waals surface area contributed by atoms with Gasteiger partial charge in [0.25, 0.3) is 0 Å². The summed E-state index contributed by atoms with van der Waals surface area (Å²) in [5.41, 5.74) is 0. The molecular formula is C32H56O8Si3. The fourth-order valence-corrected chi connectivity index (χ4v) is 15.0. The van der Waals surface area contributed by atoms with Gasteiger partial charge < -0.3 is 37.7 Å². The summed E-state index contributed by atoms with van der Waals surface area (Å²) in [7, 11) is -5.54. The quantitative estimate of drug-likeness (QED) is 0.101. The maximum absolute atomic E-state index is 10.2. The lowest BCUT2D eigenvalue weighted by molar-refractivity contribution is 0.0122. The Hall–Kier alpha value is -1.55. The number of rotatable bonds is 24. The number of hydrogen-bond acceptors (Lipinski definition) is 8. The molecule has 2 aromatic carbocycles. The molecule has 0 aliphatic carbocycles. The van der Waals surface area contributed by atoms with Gasteiger partial charge in [-0.2, -0.15) is 0 Å². The molecular weight excluding hydrogens is 597 g/mol. The standard InChI is InChI=1S/C32H56O8Si3/c1-41(2,40-42(3,4)23-15-20-35-24-29(33)26-37-31-16-9-7-10-17-31)22-14-13-21-39-43(5,6)28-36-25-30(34)27-38-32-18-11-8-12-19-32/h7-12,16-19,29-30,33-34H,13-15,20-28H2,1-6H3. The molecule has 2 atom stereocenters. The van der Waals surface area contributed by atoms with Gasteiger partial charge in [0.05, 0.1) is 19.4 Å². The van der Waals surface area contributed by atoms with Gasteiger partial charge in [0.2, 0.25) is 8.32 Å². The summed E-state index contributed by atoms with van der Waals surface area (Å²) in [5.74, 6) is 1.49. The van der Waals surface area contributed by atoms with Crippen molar-refractivity contribution in [2.45, 2.75) is 82.8 Å². The predicted octanol–water partition coefficient (Wildman–Crippen LogP) is 6.26. The lowest BCUT2D eigenvalue weighted by Gasteiger charge is -2.34. The van der Waals surface area contributed by atoms with Gasteiger partial charge in [-0.1, -0.05) is 42.8 Å². The third-order valence-corrected chi connectivity index (χ3v) is 16.1. The zero-order chi connectivity index (χ0) is 31.6. The molecule has 244 valence electrons. The van der Waals surface area contributed by atoms with E-state index in [0.29, 0.717) is 12.8 Å². The Balaban J connectivity index is 1.51. The average Bonchev–Trinajstić information content (AvgIpc) is 2.95. The zero-order valence-electron chi connectivity index (χ0n) is 27.3. The molecule has 0 aliphatic heterocycles. The zero-order valence-corrected chi connectivity index (χ0v) is 30.3. The largest absolute Gasteiger partial charge is 0.491 e. The van der Waals surface area contributed by atoms with Crippen molar-refractivity contribution in [2.24, 2.45) is 0 Å². The second kappa shape index (κ2) is 19.8. The molecule has 2 N–H and O–H groups in total. The van der Waals surface area contributed by atoms with E-state index in [1.807, 2.05) is 60.7 Å². The van der Waals surface area contributed by atoms with E-state index < -0.39 is 37.2 Å². The Kier molecular flexibility index (Phi) is 17.3. The highest BCUT2D eigenvalue weighted by atomic mass is 28.4. The van der Waals surface area contributed by atoms with Gasteiger partial charge in [-0.25, -0.2) is 0 Å². The van der Waals surface area contributed by atoms with E-state index in [0.717, 1.165) is 49.5 Å². The highest BCUT2D eigenvalue weighted by Gasteiger charge is 2.32. The SMILES string of the molecule is C[Si](C)(COCC(O)COc1ccccc1)OCCCC[Si](C)(C)O[Si](C)(C)CCCOCC(O)COc1ccccc1. The van der Waals surface area contributed by atoms with Gasteiger partial charge in [-0.3, -0.25) is 0 Å². The van der Waals surface area contributed by atoms with Crippen molar-refractivity contribution in [3.8, 4) is 11.5 Å². The van der Waals surface area contributed by atoms with Crippen LogP contribution in [0.15, 0.2) is 60.7 Å². The van der Waals surface area contributed by atoms with Crippen molar-refractivity contribution in [1.82, 2.24) is 0 Å². The predicted molar refractivity (Wildman–Crippen MR) is 180 cm³/mol. The van der Waals surface area contributed by atoms with Crippen LogP contribution < -0.4 is 9.47 Å². The van der Waals surface area contributed by atoms with E-state index in [2.05, 4.69) is 39.3 Å². The Morgan fingerprint density at radius 1 is 0.558 bits per heavy atom. The lowest BCUT2D eigenvalue weighted by Crippen LogP contribution is -2.44. The first-order chi connectivity index (χ1) is 20.4. The maximum Gasteiger partial charge on any atom is 0.211 e. The molecule has 2 rings (SSSR count). The topological polar surface area (TPSA) is 95.8 Å². The van der Waals surface area contributed by atoms with Crippen LogP contribution in [0.5, 0.6) is 11.5 Å². The van der Waals surface area contributed by atoms with Crippen LogP contribution in [0.25, 0.3) is 0 Å². The van der Waals surface area contributed by atoms with Crippen molar-refractivity contribution in [2.75, 3.05) is 45.9 Å². The summed E-state index contributed by atoms with van der Waals surface area (Å²) in [6.07, 6.45) is 2.27. The van der Waals surface area contributed by atoms with Crippen molar-refractivity contribution < 1.29 is 37.7 Å². The van der Waals surface area contributed by atoms with E-state index >= 15 is 0 Å². The number of hydrogen-bond donors (Lipinski definition) is 2. The smallest absolute Gasteiger partial charge is 0.211 e. The van der Waals surface area contributed by atoms with Crippen LogP contribution >= 0.6 is 0 Å². The maximum atomic E-state index is 10.2. The van der Waals surface area contributed by atoms with E-state index in [9.17, 15) is 10.2 Å². The number of benzene rings is 2. The Morgan fingerprint density at radius 3 is 1.58 bits per heavy atom. The first-order valence-electron chi connectivity index (χ1n) is 15.6. The molecule has 0 aliphatic rings. The fourth-order valence-electron chi connectivity index (χ4n) is 4.67. The molecule has 0 bridgehead atoms. The first kappa shape index (κ1) is 37.6. The monoisotopic (exact) mass is 652 g/mol. The van der Waals surface area contributed by atoms with Gasteiger partial charge in [-0.05, 0) is 88.5 Å². The third-order valence-electron chi connectivity index (χ3n) is 6.73. The number of ether oxygens (including phenoxy) is 4. The second-order valence-corrected chi connectivity index (χ2v) is 25.9. The van der Waals surface area contributed by atoms with E-state index in [1.165, 1.54) is 0 Å². The Labute approximate surface area is 263 Å². The van der Waals surface area contributed by atoms with Crippen LogP contribution in [0.1, 0.15) is 19.3 Å². The molecule has 0 radical (unpaired) electrons. The van der Waals surface area contributed by atoms with Crippen molar-refractivity contribution in [1.29, 1.82) is 0 Å². The molecule has 43 heavy (non-hydrogen) atoms. The molecule has 0 spiro atoms. The Bertz CT molecular complexity index is 979. The third kappa shape index (κ3) is 18.8. The van der Waals surface area contributed by atoms with Gasteiger partial charge in [0, 0.05) is 13.2 Å². The summed E-state index contributed by atoms with van der Waals surface area (Å²) in [4.78, 5) is 0. The molecule has 0 fully saturated rings. The molecule has 0 saturated carbocycles. The minimum atomic E-state index is -1.96. The summed E-state index contributed by atoms with van der Waals surface area (Å²) >= 11 is 0. The van der Waals surface area contributed by atoms with E-state index in [-0.39, 0.29) is 26.4 Å². The van der Waals surface area contributed by atoms with Crippen LogP contribution in [0.2, 0.25) is 51.4 Å². The van der Waals surface area contributed by atoms with Crippen LogP contribution in [0, 0.1) is 0 Å². The summed E-state index contributed by atoms with van der Waals surface area (Å²) in [6.45, 7) is 15.8. The molecule has 0 saturated heterocycles. The van der Waals surface area contributed by atoms with Crippen LogP contribution in [0.4, 0.5) is 0 Å². The first-order valence-corrected chi connectivity index (χ1v) is 24.9. The molecule has 0 amide bonds. The molecule has 2 unspecified atom stereocenters. The molecule has 2 aromatic rings. The van der Waals surface area contributed by atoms with Gasteiger partial charge >= 0.3 is 0 Å². The van der Waals surface area contributed by atoms with Crippen molar-refractivity contribution in [3.63, 3.8) is 0 Å². The van der Waals surface area contributed by atoms with Gasteiger partial charge in [0.1, 0.15) is 36.9 Å². The van der Waals surface area contributed by atoms with E-state index in [1.54, 1.807) is 0 Å². The molecule has 0 heterocycles. The molecule has 11 heteroatoms. The van der Waals surface area contributed by atoms with Crippen molar-refractivity contribution in [3.05, 3.63) is 60.7 Å². The minimum absolute atomic E-state index is 0.206. The number of unbranched alkanes of at least 4 members (excludes halogenated alkanes) is 1. The van der Waals surface area contributed by atoms with Gasteiger partial charge in [0.15, 0.2) is 16.6 Å². The average molecular weight is 653 g/mol. The molecule has 8 nitrogen and oxygen atoms in total. The highest BCUT2D eigenvalue weighted by molar-refractivity contribution is 6.84. The number of para-hydroxylation sites is 2. The van der Waals surface area contributed by atoms with Crippen LogP contribution in [-0.2, 0) is 18.0 Å². The Morgan fingerprint density at radius 2 is 1.05 bits per heavy atom. The minimum Gasteiger partial charge on any atom is -0.491 e. The summed E-state index contributed by atoms with van der Waals surface area (Å²) in [5, 5.41) is 20.3. The molecule has 0 aromatic heterocycles. The van der Waals surface area contributed by atoms with Gasteiger partial charge in [-0.15, -0.1) is 0 Å². The summed E-state index contributed by atoms with van der Waals surface area (Å²) < 4.78 is 35.6. The van der Waals surface area contributed by atoms with E-state index in [4.69, 9.17) is 27.5 Å². The fraction of sp³-hybridized carbons (Fsp3) is 0.625. The number of aliphatic hydroxyl groups excluding tert-OH is 2.